The van der Waals surface area contributed by atoms with E-state index < -0.39 is 6.16 Å². The number of carboxylic acid groups (broad SMARTS) is 2. The topological polar surface area (TPSA) is 107 Å². The summed E-state index contributed by atoms with van der Waals surface area (Å²) < 4.78 is 5.98. The van der Waals surface area contributed by atoms with E-state index in [1.54, 1.807) is 0 Å². The Morgan fingerprint density at radius 1 is 1.08 bits per heavy atom. The van der Waals surface area contributed by atoms with Gasteiger partial charge in [0.1, 0.15) is 12.4 Å². The molecular formula is C28H34Cl2N2O6. The van der Waals surface area contributed by atoms with Gasteiger partial charge in [0.05, 0.1) is 16.6 Å². The van der Waals surface area contributed by atoms with Crippen LogP contribution in [0.1, 0.15) is 68.7 Å². The third kappa shape index (κ3) is 7.85. The van der Waals surface area contributed by atoms with Crippen LogP contribution in [0.15, 0.2) is 36.4 Å². The monoisotopic (exact) mass is 564 g/mol. The fourth-order valence-corrected chi connectivity index (χ4v) is 5.05. The predicted octanol–water partition coefficient (Wildman–Crippen LogP) is 6.42. The smallest absolute Gasteiger partial charge is 0.491 e. The number of likely N-dealkylation sites (tertiary alicyclic amines) is 1. The van der Waals surface area contributed by atoms with Gasteiger partial charge in [0, 0.05) is 31.5 Å². The number of halogens is 2. The van der Waals surface area contributed by atoms with Gasteiger partial charge in [0.25, 0.3) is 0 Å². The van der Waals surface area contributed by atoms with Crippen molar-refractivity contribution < 1.29 is 29.3 Å². The highest BCUT2D eigenvalue weighted by Gasteiger charge is 2.30. The number of aryl methyl sites for hydroxylation is 1. The van der Waals surface area contributed by atoms with Crippen molar-refractivity contribution in [2.75, 3.05) is 13.2 Å². The quantitative estimate of drug-likeness (QED) is 0.320. The molecule has 0 bridgehead atoms. The van der Waals surface area contributed by atoms with E-state index >= 15 is 0 Å². The van der Waals surface area contributed by atoms with E-state index in [2.05, 4.69) is 36.9 Å². The van der Waals surface area contributed by atoms with E-state index in [0.717, 1.165) is 24.3 Å². The fraction of sp³-hybridized carbons (Fsp3) is 0.464. The molecule has 2 aliphatic rings. The van der Waals surface area contributed by atoms with Gasteiger partial charge in [0.2, 0.25) is 11.8 Å². The third-order valence-electron chi connectivity index (χ3n) is 7.07. The molecule has 8 nitrogen and oxygen atoms in total. The number of carbonyl (C=O) groups excluding carboxylic acids is 2. The van der Waals surface area contributed by atoms with Crippen LogP contribution in [0.25, 0.3) is 0 Å². The van der Waals surface area contributed by atoms with Crippen LogP contribution >= 0.6 is 23.2 Å². The maximum Gasteiger partial charge on any atom is 0.503 e. The largest absolute Gasteiger partial charge is 0.503 e. The number of amides is 2. The zero-order valence-corrected chi connectivity index (χ0v) is 23.2. The summed E-state index contributed by atoms with van der Waals surface area (Å²) in [6.07, 6.45) is 3.32. The Kier molecular flexibility index (Phi) is 10.8. The molecule has 1 aliphatic heterocycles. The zero-order chi connectivity index (χ0) is 27.8. The molecule has 2 amide bonds. The number of ether oxygens (including phenoxy) is 1. The first-order valence-corrected chi connectivity index (χ1v) is 13.6. The van der Waals surface area contributed by atoms with Crippen LogP contribution in [0, 0.1) is 0 Å². The molecule has 0 aromatic heterocycles. The van der Waals surface area contributed by atoms with Crippen molar-refractivity contribution in [3.05, 3.63) is 63.1 Å². The summed E-state index contributed by atoms with van der Waals surface area (Å²) in [6, 6.07) is 13.0. The summed E-state index contributed by atoms with van der Waals surface area (Å²) in [5.74, 6) is 0.608. The van der Waals surface area contributed by atoms with E-state index in [-0.39, 0.29) is 17.9 Å². The Bertz CT molecular complexity index is 1130. The first kappa shape index (κ1) is 29.7. The normalized spacial score (nSPS) is 16.2. The Morgan fingerprint density at radius 2 is 1.74 bits per heavy atom. The average molecular weight is 565 g/mol. The predicted molar refractivity (Wildman–Crippen MR) is 146 cm³/mol. The van der Waals surface area contributed by atoms with Crippen molar-refractivity contribution in [1.82, 2.24) is 9.80 Å². The van der Waals surface area contributed by atoms with Gasteiger partial charge in [-0.25, -0.2) is 4.79 Å². The van der Waals surface area contributed by atoms with Gasteiger partial charge in [0.15, 0.2) is 0 Å². The molecule has 2 N–H and O–H groups in total. The van der Waals surface area contributed by atoms with Crippen LogP contribution in [0.4, 0.5) is 4.79 Å². The van der Waals surface area contributed by atoms with Crippen molar-refractivity contribution in [3.63, 3.8) is 0 Å². The van der Waals surface area contributed by atoms with Crippen molar-refractivity contribution in [2.24, 2.45) is 0 Å². The summed E-state index contributed by atoms with van der Waals surface area (Å²) in [5, 5.41) is 15.1. The second kappa shape index (κ2) is 13.8. The van der Waals surface area contributed by atoms with Crippen LogP contribution < -0.4 is 4.74 Å². The van der Waals surface area contributed by atoms with Crippen molar-refractivity contribution in [3.8, 4) is 5.75 Å². The van der Waals surface area contributed by atoms with Crippen LogP contribution in [-0.2, 0) is 22.6 Å². The number of imide groups is 1. The van der Waals surface area contributed by atoms with Crippen LogP contribution in [-0.4, -0.2) is 57.2 Å². The minimum Gasteiger partial charge on any atom is -0.491 e. The first-order chi connectivity index (χ1) is 18.1. The summed E-state index contributed by atoms with van der Waals surface area (Å²) in [5.41, 5.74) is 3.54. The molecule has 2 aromatic carbocycles. The number of hydrogen-bond acceptors (Lipinski definition) is 5. The van der Waals surface area contributed by atoms with E-state index in [1.807, 2.05) is 18.2 Å². The number of rotatable bonds is 10. The number of nitrogens with zero attached hydrogens (tertiary/aromatic N) is 2. The minimum absolute atomic E-state index is 0.105. The van der Waals surface area contributed by atoms with Crippen LogP contribution in [0.5, 0.6) is 5.75 Å². The van der Waals surface area contributed by atoms with Gasteiger partial charge in [-0.3, -0.25) is 19.4 Å². The molecule has 0 radical (unpaired) electrons. The Morgan fingerprint density at radius 3 is 2.29 bits per heavy atom. The van der Waals surface area contributed by atoms with E-state index in [9.17, 15) is 9.59 Å². The minimum atomic E-state index is -1.83. The highest BCUT2D eigenvalue weighted by molar-refractivity contribution is 6.42. The van der Waals surface area contributed by atoms with E-state index in [1.165, 1.54) is 35.3 Å². The maximum absolute atomic E-state index is 11.8. The molecule has 1 saturated heterocycles. The summed E-state index contributed by atoms with van der Waals surface area (Å²) >= 11 is 12.4. The Balaban J connectivity index is 0.000000934. The van der Waals surface area contributed by atoms with E-state index in [0.29, 0.717) is 42.1 Å². The summed E-state index contributed by atoms with van der Waals surface area (Å²) in [4.78, 5) is 36.0. The average Bonchev–Trinajstić information content (AvgIpc) is 3.16. The van der Waals surface area contributed by atoms with Crippen molar-refractivity contribution in [2.45, 2.75) is 71.0 Å². The Hall–Kier alpha value is -2.81. The molecule has 38 heavy (non-hydrogen) atoms. The molecular weight excluding hydrogens is 531 g/mol. The standard InChI is InChI=1S/C27H32Cl2N2O3.CH2O3/c1-3-20-15-19(7-10-25(20)34-14-13-30-26(32)11-12-27(30)33)17-31(22-5-4-6-22)18(2)21-8-9-23(28)24(29)16-21;2-1(3)4/h7-10,15-16,18,22H,3-6,11-14,17H2,1-2H3;(H2,2,3,4). The van der Waals surface area contributed by atoms with Gasteiger partial charge >= 0.3 is 6.16 Å². The molecule has 4 rings (SSSR count). The van der Waals surface area contributed by atoms with Gasteiger partial charge in [-0.1, -0.05) is 54.7 Å². The van der Waals surface area contributed by atoms with E-state index in [4.69, 9.17) is 42.9 Å². The summed E-state index contributed by atoms with van der Waals surface area (Å²) in [7, 11) is 0. The highest BCUT2D eigenvalue weighted by Crippen LogP contribution is 2.36. The number of carbonyl (C=O) groups is 3. The number of benzene rings is 2. The molecule has 206 valence electrons. The zero-order valence-electron chi connectivity index (χ0n) is 21.7. The molecule has 2 fully saturated rings. The second-order valence-electron chi connectivity index (χ2n) is 9.47. The second-order valence-corrected chi connectivity index (χ2v) is 10.3. The lowest BCUT2D eigenvalue weighted by Gasteiger charge is -2.42. The van der Waals surface area contributed by atoms with Crippen LogP contribution in [0.3, 0.4) is 0 Å². The van der Waals surface area contributed by atoms with Gasteiger partial charge in [-0.15, -0.1) is 0 Å². The van der Waals surface area contributed by atoms with Gasteiger partial charge in [-0.2, -0.15) is 0 Å². The van der Waals surface area contributed by atoms with Crippen molar-refractivity contribution in [1.29, 1.82) is 0 Å². The fourth-order valence-electron chi connectivity index (χ4n) is 4.74. The molecule has 1 heterocycles. The third-order valence-corrected chi connectivity index (χ3v) is 7.80. The summed E-state index contributed by atoms with van der Waals surface area (Å²) in [6.45, 7) is 5.81. The van der Waals surface area contributed by atoms with Gasteiger partial charge in [-0.05, 0) is 61.1 Å². The molecule has 10 heteroatoms. The molecule has 1 unspecified atom stereocenters. The van der Waals surface area contributed by atoms with Gasteiger partial charge < -0.3 is 14.9 Å². The molecule has 2 aromatic rings. The molecule has 1 aliphatic carbocycles. The lowest BCUT2D eigenvalue weighted by molar-refractivity contribution is -0.138. The number of hydrogen-bond donors (Lipinski definition) is 2. The SMILES string of the molecule is CCc1cc(CN(C2CCC2)C(C)c2ccc(Cl)c(Cl)c2)ccc1OCCN1C(=O)CCC1=O.O=C(O)O. The lowest BCUT2D eigenvalue weighted by Crippen LogP contribution is -2.41. The molecule has 1 saturated carbocycles. The maximum atomic E-state index is 11.8. The molecule has 0 spiro atoms. The first-order valence-electron chi connectivity index (χ1n) is 12.8. The highest BCUT2D eigenvalue weighted by atomic mass is 35.5. The lowest BCUT2D eigenvalue weighted by atomic mass is 9.89. The molecule has 1 atom stereocenters. The Labute approximate surface area is 233 Å². The van der Waals surface area contributed by atoms with Crippen molar-refractivity contribution >= 4 is 41.2 Å². The van der Waals surface area contributed by atoms with Crippen LogP contribution in [0.2, 0.25) is 10.0 Å².